The third-order valence-corrected chi connectivity index (χ3v) is 10.5. The molecule has 15 nitrogen and oxygen atoms in total. The number of benzene rings is 1. The van der Waals surface area contributed by atoms with E-state index >= 15 is 0 Å². The maximum absolute atomic E-state index is 13.8. The molecule has 0 heterocycles. The molecule has 2 aliphatic carbocycles. The van der Waals surface area contributed by atoms with Crippen LogP contribution in [0.5, 0.6) is 5.75 Å². The summed E-state index contributed by atoms with van der Waals surface area (Å²) in [5.74, 6) is -3.73. The number of nitrogens with one attached hydrogen (secondary N) is 6. The molecule has 0 aromatic heterocycles. The highest BCUT2D eigenvalue weighted by molar-refractivity contribution is 6.38. The smallest absolute Gasteiger partial charge is 0.407 e. The molecule has 0 bridgehead atoms. The normalized spacial score (nSPS) is 16.9. The van der Waals surface area contributed by atoms with Crippen molar-refractivity contribution in [1.29, 1.82) is 0 Å². The van der Waals surface area contributed by atoms with Crippen molar-refractivity contribution in [2.75, 3.05) is 19.8 Å². The topological polar surface area (TPSA) is 210 Å². The zero-order chi connectivity index (χ0) is 42.6. The van der Waals surface area contributed by atoms with Gasteiger partial charge in [-0.05, 0) is 80.9 Å². The molecule has 6 amide bonds. The van der Waals surface area contributed by atoms with Crippen LogP contribution in [0.25, 0.3) is 0 Å². The summed E-state index contributed by atoms with van der Waals surface area (Å²) in [5, 5.41) is 16.3. The summed E-state index contributed by atoms with van der Waals surface area (Å²) in [5.41, 5.74) is 0.521. The average molecular weight is 813 g/mol. The Labute approximate surface area is 344 Å². The minimum Gasteiger partial charge on any atom is -0.494 e. The van der Waals surface area contributed by atoms with Crippen LogP contribution < -0.4 is 36.6 Å². The van der Waals surface area contributed by atoms with E-state index in [9.17, 15) is 33.6 Å². The minimum absolute atomic E-state index is 0.00631. The molecule has 1 aromatic rings. The van der Waals surface area contributed by atoms with Crippen molar-refractivity contribution < 1.29 is 43.0 Å². The van der Waals surface area contributed by atoms with Gasteiger partial charge >= 0.3 is 6.09 Å². The van der Waals surface area contributed by atoms with E-state index in [2.05, 4.69) is 31.9 Å². The molecular weight excluding hydrogens is 745 g/mol. The Kier molecular flexibility index (Phi) is 20.5. The quantitative estimate of drug-likeness (QED) is 0.0908. The SMILES string of the molecule is CCCC(NC(=O)[C@H](CC(C)C)NC(=O)[C@@H](NC(=O)OCC(C)C)C1CCCCC1)C(=O)C(=O)NCC(=O)N[C@H](C(=O)NC1CCCCC1)c1ccc(OCC)cc1. The monoisotopic (exact) mass is 813 g/mol. The summed E-state index contributed by atoms with van der Waals surface area (Å²) in [6, 6.07) is 2.53. The Hall–Kier alpha value is -4.69. The Morgan fingerprint density at radius 1 is 0.707 bits per heavy atom. The van der Waals surface area contributed by atoms with Crippen LogP contribution in [-0.2, 0) is 33.5 Å². The third kappa shape index (κ3) is 16.3. The molecule has 6 N–H and O–H groups in total. The lowest BCUT2D eigenvalue weighted by atomic mass is 9.83. The lowest BCUT2D eigenvalue weighted by Gasteiger charge is -2.31. The first-order chi connectivity index (χ1) is 27.7. The average Bonchev–Trinajstić information content (AvgIpc) is 3.20. The van der Waals surface area contributed by atoms with Gasteiger partial charge in [-0.15, -0.1) is 0 Å². The Bertz CT molecular complexity index is 1510. The highest BCUT2D eigenvalue weighted by Gasteiger charge is 2.36. The Morgan fingerprint density at radius 2 is 1.33 bits per heavy atom. The second-order valence-electron chi connectivity index (χ2n) is 16.4. The van der Waals surface area contributed by atoms with E-state index in [-0.39, 0.29) is 49.2 Å². The number of hydrogen-bond donors (Lipinski definition) is 6. The van der Waals surface area contributed by atoms with E-state index in [0.29, 0.717) is 24.3 Å². The van der Waals surface area contributed by atoms with Crippen LogP contribution in [0.15, 0.2) is 24.3 Å². The van der Waals surface area contributed by atoms with Gasteiger partial charge in [0.25, 0.3) is 5.91 Å². The van der Waals surface area contributed by atoms with Crippen LogP contribution in [0.2, 0.25) is 0 Å². The molecule has 2 fully saturated rings. The molecule has 1 aromatic carbocycles. The molecule has 2 aliphatic rings. The second-order valence-corrected chi connectivity index (χ2v) is 16.4. The molecule has 15 heteroatoms. The predicted molar refractivity (Wildman–Crippen MR) is 219 cm³/mol. The van der Waals surface area contributed by atoms with Gasteiger partial charge < -0.3 is 41.4 Å². The van der Waals surface area contributed by atoms with Crippen LogP contribution >= 0.6 is 0 Å². The van der Waals surface area contributed by atoms with Gasteiger partial charge in [0.05, 0.1) is 25.8 Å². The van der Waals surface area contributed by atoms with Gasteiger partial charge in [-0.1, -0.05) is 91.7 Å². The molecule has 0 spiro atoms. The standard InChI is InChI=1S/C43H68N6O9/c1-7-15-33(46-39(52)34(24-27(3)4)47-41(54)37(29-16-11-9-12-17-29)49-43(56)58-26-28(5)6)38(51)42(55)44-25-35(50)48-36(30-20-22-32(23-21-30)57-8-2)40(53)45-31-18-13-10-14-19-31/h20-23,27-29,31,33-34,36-37H,7-19,24-26H2,1-6H3,(H,44,55)(H,45,53)(H,46,52)(H,47,54)(H,48,50)(H,49,56)/t33?,34-,36-,37-/m0/s1. The van der Waals surface area contributed by atoms with E-state index in [0.717, 1.165) is 64.2 Å². The Balaban J connectivity index is 1.67. The van der Waals surface area contributed by atoms with Crippen molar-refractivity contribution in [2.24, 2.45) is 17.8 Å². The summed E-state index contributed by atoms with van der Waals surface area (Å²) in [4.78, 5) is 93.6. The molecule has 4 atom stereocenters. The molecule has 58 heavy (non-hydrogen) atoms. The predicted octanol–water partition coefficient (Wildman–Crippen LogP) is 4.52. The molecule has 0 aliphatic heterocycles. The van der Waals surface area contributed by atoms with Crippen molar-refractivity contribution in [1.82, 2.24) is 31.9 Å². The summed E-state index contributed by atoms with van der Waals surface area (Å²) >= 11 is 0. The van der Waals surface area contributed by atoms with E-state index < -0.39 is 66.2 Å². The number of Topliss-reactive ketones (excluding diaryl/α,β-unsaturated/α-hetero) is 1. The van der Waals surface area contributed by atoms with Crippen molar-refractivity contribution in [2.45, 2.75) is 155 Å². The molecular formula is C43H68N6O9. The fraction of sp³-hybridized carbons (Fsp3) is 0.698. The third-order valence-electron chi connectivity index (χ3n) is 10.5. The first-order valence-corrected chi connectivity index (χ1v) is 21.4. The summed E-state index contributed by atoms with van der Waals surface area (Å²) in [6.07, 6.45) is 9.25. The molecule has 0 radical (unpaired) electrons. The molecule has 3 rings (SSSR count). The molecule has 2 saturated carbocycles. The molecule has 1 unspecified atom stereocenters. The van der Waals surface area contributed by atoms with Gasteiger partial charge in [-0.2, -0.15) is 0 Å². The second kappa shape index (κ2) is 24.9. The zero-order valence-corrected chi connectivity index (χ0v) is 35.4. The van der Waals surface area contributed by atoms with Gasteiger partial charge in [-0.25, -0.2) is 4.79 Å². The number of amides is 6. The van der Waals surface area contributed by atoms with Crippen LogP contribution in [-0.4, -0.2) is 85.3 Å². The maximum atomic E-state index is 13.8. The number of carbonyl (C=O) groups excluding carboxylic acids is 7. The number of alkyl carbamates (subject to hydrolysis) is 1. The van der Waals surface area contributed by atoms with Crippen molar-refractivity contribution >= 4 is 41.4 Å². The van der Waals surface area contributed by atoms with Gasteiger partial charge in [0.2, 0.25) is 29.4 Å². The van der Waals surface area contributed by atoms with Crippen molar-refractivity contribution in [3.63, 3.8) is 0 Å². The van der Waals surface area contributed by atoms with E-state index in [1.165, 1.54) is 0 Å². The van der Waals surface area contributed by atoms with Crippen LogP contribution in [0, 0.1) is 17.8 Å². The van der Waals surface area contributed by atoms with Gasteiger partial charge in [0.1, 0.15) is 23.9 Å². The lowest BCUT2D eigenvalue weighted by molar-refractivity contribution is -0.141. The number of ether oxygens (including phenoxy) is 2. The number of ketones is 1. The van der Waals surface area contributed by atoms with Crippen LogP contribution in [0.1, 0.15) is 137 Å². The largest absolute Gasteiger partial charge is 0.494 e. The number of rotatable bonds is 22. The van der Waals surface area contributed by atoms with Crippen LogP contribution in [0.4, 0.5) is 4.79 Å². The van der Waals surface area contributed by atoms with E-state index in [1.54, 1.807) is 31.2 Å². The molecule has 324 valence electrons. The fourth-order valence-corrected chi connectivity index (χ4v) is 7.44. The number of carbonyl (C=O) groups is 7. The highest BCUT2D eigenvalue weighted by Crippen LogP contribution is 2.27. The highest BCUT2D eigenvalue weighted by atomic mass is 16.5. The first kappa shape index (κ1) is 47.7. The molecule has 0 saturated heterocycles. The summed E-state index contributed by atoms with van der Waals surface area (Å²) in [6.45, 7) is 11.3. The van der Waals surface area contributed by atoms with Crippen LogP contribution in [0.3, 0.4) is 0 Å². The van der Waals surface area contributed by atoms with Crippen molar-refractivity contribution in [3.8, 4) is 5.75 Å². The Morgan fingerprint density at radius 3 is 1.91 bits per heavy atom. The maximum Gasteiger partial charge on any atom is 0.407 e. The fourth-order valence-electron chi connectivity index (χ4n) is 7.44. The first-order valence-electron chi connectivity index (χ1n) is 21.4. The minimum atomic E-state index is -1.23. The zero-order valence-electron chi connectivity index (χ0n) is 35.4. The van der Waals surface area contributed by atoms with E-state index in [4.69, 9.17) is 9.47 Å². The summed E-state index contributed by atoms with van der Waals surface area (Å²) < 4.78 is 10.8. The van der Waals surface area contributed by atoms with Gasteiger partial charge in [0.15, 0.2) is 0 Å². The summed E-state index contributed by atoms with van der Waals surface area (Å²) in [7, 11) is 0. The van der Waals surface area contributed by atoms with Gasteiger partial charge in [0, 0.05) is 6.04 Å². The van der Waals surface area contributed by atoms with E-state index in [1.807, 2.05) is 34.6 Å². The van der Waals surface area contributed by atoms with Gasteiger partial charge in [-0.3, -0.25) is 28.8 Å². The lowest BCUT2D eigenvalue weighted by Crippen LogP contribution is -2.58. The number of hydrogen-bond acceptors (Lipinski definition) is 9. The van der Waals surface area contributed by atoms with Crippen molar-refractivity contribution in [3.05, 3.63) is 29.8 Å².